The van der Waals surface area contributed by atoms with Gasteiger partial charge in [0, 0.05) is 6.04 Å². The third kappa shape index (κ3) is 4.40. The van der Waals surface area contributed by atoms with Crippen LogP contribution in [-0.4, -0.2) is 18.6 Å². The quantitative estimate of drug-likeness (QED) is 0.831. The van der Waals surface area contributed by atoms with Gasteiger partial charge in [-0.3, -0.25) is 4.79 Å². The van der Waals surface area contributed by atoms with Crippen molar-refractivity contribution in [2.24, 2.45) is 0 Å². The van der Waals surface area contributed by atoms with Crippen LogP contribution in [0.1, 0.15) is 38.5 Å². The van der Waals surface area contributed by atoms with Crippen molar-refractivity contribution in [2.45, 2.75) is 44.6 Å². The first kappa shape index (κ1) is 12.9. The average Bonchev–Trinajstić information content (AvgIpc) is 2.66. The molecule has 1 fully saturated rings. The van der Waals surface area contributed by atoms with Crippen LogP contribution < -0.4 is 10.1 Å². The van der Waals surface area contributed by atoms with Gasteiger partial charge in [-0.05, 0) is 25.0 Å². The van der Waals surface area contributed by atoms with Crippen LogP contribution in [0.2, 0.25) is 0 Å². The number of carbonyl (C=O) groups excluding carboxylic acids is 1. The Morgan fingerprint density at radius 3 is 2.44 bits per heavy atom. The first-order chi connectivity index (χ1) is 8.84. The summed E-state index contributed by atoms with van der Waals surface area (Å²) in [6.45, 7) is 0.112. The Morgan fingerprint density at radius 1 is 1.11 bits per heavy atom. The zero-order chi connectivity index (χ0) is 12.6. The number of hydrogen-bond acceptors (Lipinski definition) is 2. The van der Waals surface area contributed by atoms with Gasteiger partial charge in [-0.15, -0.1) is 0 Å². The Kier molecular flexibility index (Phi) is 5.06. The summed E-state index contributed by atoms with van der Waals surface area (Å²) in [5.41, 5.74) is 0. The lowest BCUT2D eigenvalue weighted by Crippen LogP contribution is -2.37. The molecule has 98 valence electrons. The molecule has 0 bridgehead atoms. The van der Waals surface area contributed by atoms with Crippen molar-refractivity contribution in [1.29, 1.82) is 0 Å². The van der Waals surface area contributed by atoms with Gasteiger partial charge in [0.15, 0.2) is 6.61 Å². The van der Waals surface area contributed by atoms with E-state index in [4.69, 9.17) is 4.74 Å². The molecule has 1 aromatic carbocycles. The monoisotopic (exact) mass is 247 g/mol. The minimum Gasteiger partial charge on any atom is -0.484 e. The van der Waals surface area contributed by atoms with E-state index >= 15 is 0 Å². The molecule has 0 unspecified atom stereocenters. The number of ether oxygens (including phenoxy) is 1. The highest BCUT2D eigenvalue weighted by atomic mass is 16.5. The molecule has 0 aromatic heterocycles. The molecule has 1 N–H and O–H groups in total. The average molecular weight is 247 g/mol. The van der Waals surface area contributed by atoms with E-state index in [1.165, 1.54) is 25.7 Å². The molecule has 0 radical (unpaired) electrons. The number of carbonyl (C=O) groups is 1. The Balaban J connectivity index is 1.71. The summed E-state index contributed by atoms with van der Waals surface area (Å²) in [5, 5.41) is 3.07. The van der Waals surface area contributed by atoms with E-state index in [1.807, 2.05) is 30.3 Å². The summed E-state index contributed by atoms with van der Waals surface area (Å²) in [4.78, 5) is 11.8. The number of nitrogens with one attached hydrogen (secondary N) is 1. The minimum absolute atomic E-state index is 0.00856. The van der Waals surface area contributed by atoms with Crippen molar-refractivity contribution in [3.8, 4) is 5.75 Å². The smallest absolute Gasteiger partial charge is 0.258 e. The molecule has 18 heavy (non-hydrogen) atoms. The van der Waals surface area contributed by atoms with Gasteiger partial charge in [-0.1, -0.05) is 43.9 Å². The number of rotatable bonds is 4. The van der Waals surface area contributed by atoms with Crippen molar-refractivity contribution in [3.05, 3.63) is 30.3 Å². The topological polar surface area (TPSA) is 38.3 Å². The first-order valence-corrected chi connectivity index (χ1v) is 6.82. The lowest BCUT2D eigenvalue weighted by molar-refractivity contribution is -0.123. The SMILES string of the molecule is O=C(COc1ccccc1)NC1CCCCCC1. The molecule has 1 aromatic rings. The number of amides is 1. The van der Waals surface area contributed by atoms with Crippen LogP contribution in [0.15, 0.2) is 30.3 Å². The van der Waals surface area contributed by atoms with Gasteiger partial charge in [0.25, 0.3) is 5.91 Å². The van der Waals surface area contributed by atoms with Gasteiger partial charge in [0.2, 0.25) is 0 Å². The largest absolute Gasteiger partial charge is 0.484 e. The van der Waals surface area contributed by atoms with Crippen LogP contribution >= 0.6 is 0 Å². The Bertz CT molecular complexity index is 356. The van der Waals surface area contributed by atoms with Crippen LogP contribution in [0.3, 0.4) is 0 Å². The summed E-state index contributed by atoms with van der Waals surface area (Å²) in [5.74, 6) is 0.735. The van der Waals surface area contributed by atoms with E-state index in [-0.39, 0.29) is 12.5 Å². The normalized spacial score (nSPS) is 16.9. The van der Waals surface area contributed by atoms with Crippen molar-refractivity contribution in [2.75, 3.05) is 6.61 Å². The maximum Gasteiger partial charge on any atom is 0.258 e. The number of para-hydroxylation sites is 1. The van der Waals surface area contributed by atoms with Crippen molar-refractivity contribution in [1.82, 2.24) is 5.32 Å². The van der Waals surface area contributed by atoms with E-state index in [0.717, 1.165) is 18.6 Å². The molecule has 1 aliphatic carbocycles. The molecule has 2 rings (SSSR count). The molecule has 3 heteroatoms. The van der Waals surface area contributed by atoms with Gasteiger partial charge in [0.05, 0.1) is 0 Å². The maximum atomic E-state index is 11.8. The predicted octanol–water partition coefficient (Wildman–Crippen LogP) is 2.90. The molecule has 0 heterocycles. The Hall–Kier alpha value is -1.51. The summed E-state index contributed by atoms with van der Waals surface area (Å²) >= 11 is 0. The standard InChI is InChI=1S/C15H21NO2/c17-15(12-18-14-10-6-3-7-11-14)16-13-8-4-1-2-5-9-13/h3,6-7,10-11,13H,1-2,4-5,8-9,12H2,(H,16,17). The molecular formula is C15H21NO2. The van der Waals surface area contributed by atoms with Gasteiger partial charge in [-0.2, -0.15) is 0 Å². The van der Waals surface area contributed by atoms with Crippen molar-refractivity contribution in [3.63, 3.8) is 0 Å². The van der Waals surface area contributed by atoms with E-state index in [0.29, 0.717) is 6.04 Å². The zero-order valence-electron chi connectivity index (χ0n) is 10.7. The molecular weight excluding hydrogens is 226 g/mol. The summed E-state index contributed by atoms with van der Waals surface area (Å²) in [6, 6.07) is 9.80. The van der Waals surface area contributed by atoms with Crippen molar-refractivity contribution >= 4 is 5.91 Å². The van der Waals surface area contributed by atoms with E-state index in [1.54, 1.807) is 0 Å². The fourth-order valence-corrected chi connectivity index (χ4v) is 2.36. The zero-order valence-corrected chi connectivity index (χ0v) is 10.7. The van der Waals surface area contributed by atoms with Gasteiger partial charge in [0.1, 0.15) is 5.75 Å². The fraction of sp³-hybridized carbons (Fsp3) is 0.533. The highest BCUT2D eigenvalue weighted by molar-refractivity contribution is 5.77. The second-order valence-electron chi connectivity index (χ2n) is 4.86. The lowest BCUT2D eigenvalue weighted by Gasteiger charge is -2.16. The molecule has 1 aliphatic rings. The van der Waals surface area contributed by atoms with Crippen molar-refractivity contribution < 1.29 is 9.53 Å². The lowest BCUT2D eigenvalue weighted by atomic mass is 10.1. The first-order valence-electron chi connectivity index (χ1n) is 6.82. The number of benzene rings is 1. The molecule has 0 aliphatic heterocycles. The fourth-order valence-electron chi connectivity index (χ4n) is 2.36. The van der Waals surface area contributed by atoms with E-state index in [9.17, 15) is 4.79 Å². The molecule has 0 saturated heterocycles. The van der Waals surface area contributed by atoms with Crippen LogP contribution in [0.4, 0.5) is 0 Å². The second-order valence-corrected chi connectivity index (χ2v) is 4.86. The minimum atomic E-state index is -0.00856. The molecule has 3 nitrogen and oxygen atoms in total. The third-order valence-corrected chi connectivity index (χ3v) is 3.33. The Labute approximate surface area is 109 Å². The second kappa shape index (κ2) is 7.04. The summed E-state index contributed by atoms with van der Waals surface area (Å²) in [7, 11) is 0. The molecule has 0 spiro atoms. The van der Waals surface area contributed by atoms with Gasteiger partial charge in [-0.25, -0.2) is 0 Å². The van der Waals surface area contributed by atoms with Crippen LogP contribution in [0, 0.1) is 0 Å². The predicted molar refractivity (Wildman–Crippen MR) is 71.6 cm³/mol. The molecule has 1 amide bonds. The number of hydrogen-bond donors (Lipinski definition) is 1. The Morgan fingerprint density at radius 2 is 1.78 bits per heavy atom. The van der Waals surface area contributed by atoms with E-state index < -0.39 is 0 Å². The van der Waals surface area contributed by atoms with Crippen LogP contribution in [0.5, 0.6) is 5.75 Å². The summed E-state index contributed by atoms with van der Waals surface area (Å²) in [6.07, 6.45) is 7.27. The van der Waals surface area contributed by atoms with Gasteiger partial charge < -0.3 is 10.1 Å². The van der Waals surface area contributed by atoms with Gasteiger partial charge >= 0.3 is 0 Å². The molecule has 0 atom stereocenters. The third-order valence-electron chi connectivity index (χ3n) is 3.33. The van der Waals surface area contributed by atoms with E-state index in [2.05, 4.69) is 5.32 Å². The van der Waals surface area contributed by atoms with Crippen LogP contribution in [-0.2, 0) is 4.79 Å². The maximum absolute atomic E-state index is 11.8. The molecule has 1 saturated carbocycles. The highest BCUT2D eigenvalue weighted by Gasteiger charge is 2.14. The van der Waals surface area contributed by atoms with Crippen LogP contribution in [0.25, 0.3) is 0 Å². The highest BCUT2D eigenvalue weighted by Crippen LogP contribution is 2.17. The summed E-state index contributed by atoms with van der Waals surface area (Å²) < 4.78 is 5.43.